The fourth-order valence-electron chi connectivity index (χ4n) is 4.58. The predicted molar refractivity (Wildman–Crippen MR) is 107 cm³/mol. The number of rotatable bonds is 2. The zero-order valence-corrected chi connectivity index (χ0v) is 15.8. The maximum atomic E-state index is 12.9. The Balaban J connectivity index is 1.39. The second kappa shape index (κ2) is 6.60. The number of fused-ring (bicyclic) bond motifs is 3. The van der Waals surface area contributed by atoms with E-state index >= 15 is 0 Å². The molecule has 0 spiro atoms. The van der Waals surface area contributed by atoms with Gasteiger partial charge in [-0.3, -0.25) is 5.32 Å². The van der Waals surface area contributed by atoms with Gasteiger partial charge in [0.2, 0.25) is 0 Å². The van der Waals surface area contributed by atoms with Gasteiger partial charge in [0.25, 0.3) is 0 Å². The number of oxazole rings is 1. The van der Waals surface area contributed by atoms with Crippen molar-refractivity contribution >= 4 is 22.6 Å². The third-order valence-electron chi connectivity index (χ3n) is 5.87. The van der Waals surface area contributed by atoms with Gasteiger partial charge in [-0.1, -0.05) is 12.1 Å². The van der Waals surface area contributed by atoms with Crippen LogP contribution in [0.5, 0.6) is 0 Å². The normalized spacial score (nSPS) is 23.9. The number of carbonyl (C=O) groups is 1. The number of nitrogens with two attached hydrogens (primary N) is 1. The SMILES string of the molecule is Cc1ncc(-c2ccc3cnc(NC(=O)N4[C@@H]5CC[C@H]4CC(N)C5)cc3c2)o1. The molecule has 2 bridgehead atoms. The van der Waals surface area contributed by atoms with Crippen LogP contribution in [-0.2, 0) is 0 Å². The van der Waals surface area contributed by atoms with Crippen LogP contribution >= 0.6 is 0 Å². The molecule has 2 aliphatic heterocycles. The first-order valence-corrected chi connectivity index (χ1v) is 9.74. The van der Waals surface area contributed by atoms with Crippen molar-refractivity contribution in [3.63, 3.8) is 0 Å². The standard InChI is InChI=1S/C21H23N5O2/c1-12-23-11-19(28-12)13-2-3-14-10-24-20(7-15(14)6-13)25-21(27)26-17-4-5-18(26)9-16(22)8-17/h2-3,6-7,10-11,16-18H,4-5,8-9,22H2,1H3,(H,24,25,27)/t16?,17-,18+. The lowest BCUT2D eigenvalue weighted by atomic mass is 9.99. The lowest BCUT2D eigenvalue weighted by Gasteiger charge is -2.37. The molecule has 7 nitrogen and oxygen atoms in total. The van der Waals surface area contributed by atoms with E-state index in [9.17, 15) is 4.79 Å². The Bertz CT molecular complexity index is 1030. The Hall–Kier alpha value is -2.93. The van der Waals surface area contributed by atoms with Crippen LogP contribution in [-0.4, -0.2) is 39.0 Å². The summed E-state index contributed by atoms with van der Waals surface area (Å²) in [6.07, 6.45) is 7.34. The first kappa shape index (κ1) is 17.2. The molecule has 5 rings (SSSR count). The molecule has 2 saturated heterocycles. The van der Waals surface area contributed by atoms with Gasteiger partial charge >= 0.3 is 6.03 Å². The van der Waals surface area contributed by atoms with Crippen LogP contribution in [0.2, 0.25) is 0 Å². The molecular weight excluding hydrogens is 354 g/mol. The number of piperidine rings is 1. The minimum atomic E-state index is -0.0757. The topological polar surface area (TPSA) is 97.3 Å². The van der Waals surface area contributed by atoms with Crippen molar-refractivity contribution < 1.29 is 9.21 Å². The molecule has 1 unspecified atom stereocenters. The number of pyridine rings is 1. The summed E-state index contributed by atoms with van der Waals surface area (Å²) in [6.45, 7) is 1.82. The molecule has 28 heavy (non-hydrogen) atoms. The number of benzene rings is 1. The van der Waals surface area contributed by atoms with Gasteiger partial charge in [-0.05, 0) is 43.2 Å². The number of amides is 2. The number of nitrogens with one attached hydrogen (secondary N) is 1. The maximum Gasteiger partial charge on any atom is 0.323 e. The van der Waals surface area contributed by atoms with Gasteiger partial charge in [-0.25, -0.2) is 14.8 Å². The molecule has 2 amide bonds. The van der Waals surface area contributed by atoms with Gasteiger partial charge in [0, 0.05) is 42.2 Å². The second-order valence-electron chi connectivity index (χ2n) is 7.83. The minimum Gasteiger partial charge on any atom is -0.441 e. The third-order valence-corrected chi connectivity index (χ3v) is 5.87. The Kier molecular flexibility index (Phi) is 4.05. The monoisotopic (exact) mass is 377 g/mol. The number of aryl methyl sites for hydroxylation is 1. The molecular formula is C21H23N5O2. The summed E-state index contributed by atoms with van der Waals surface area (Å²) in [7, 11) is 0. The summed E-state index contributed by atoms with van der Waals surface area (Å²) < 4.78 is 5.62. The van der Waals surface area contributed by atoms with Crippen molar-refractivity contribution in [2.24, 2.45) is 5.73 Å². The van der Waals surface area contributed by atoms with Crippen LogP contribution in [0.1, 0.15) is 31.6 Å². The summed E-state index contributed by atoms with van der Waals surface area (Å²) in [5.41, 5.74) is 7.06. The molecule has 3 aromatic rings. The Labute approximate surface area is 162 Å². The maximum absolute atomic E-state index is 12.9. The van der Waals surface area contributed by atoms with Gasteiger partial charge < -0.3 is 15.1 Å². The molecule has 7 heteroatoms. The number of nitrogens with zero attached hydrogens (tertiary/aromatic N) is 3. The van der Waals surface area contributed by atoms with E-state index < -0.39 is 0 Å². The number of carbonyl (C=O) groups excluding carboxylic acids is 1. The van der Waals surface area contributed by atoms with Crippen molar-refractivity contribution in [1.29, 1.82) is 0 Å². The minimum absolute atomic E-state index is 0.0757. The third kappa shape index (κ3) is 3.01. The summed E-state index contributed by atoms with van der Waals surface area (Å²) in [4.78, 5) is 23.4. The fourth-order valence-corrected chi connectivity index (χ4v) is 4.58. The van der Waals surface area contributed by atoms with Gasteiger partial charge in [0.1, 0.15) is 5.82 Å². The molecule has 0 aliphatic carbocycles. The van der Waals surface area contributed by atoms with Gasteiger partial charge in [0.15, 0.2) is 11.7 Å². The van der Waals surface area contributed by atoms with Crippen LogP contribution < -0.4 is 11.1 Å². The van der Waals surface area contributed by atoms with E-state index in [1.54, 1.807) is 12.4 Å². The zero-order valence-electron chi connectivity index (χ0n) is 15.8. The van der Waals surface area contributed by atoms with Crippen LogP contribution in [0.3, 0.4) is 0 Å². The van der Waals surface area contributed by atoms with E-state index in [0.717, 1.165) is 47.8 Å². The number of anilines is 1. The first-order chi connectivity index (χ1) is 13.6. The molecule has 2 aliphatic rings. The molecule has 2 aromatic heterocycles. The highest BCUT2D eigenvalue weighted by molar-refractivity contribution is 5.93. The largest absolute Gasteiger partial charge is 0.441 e. The van der Waals surface area contributed by atoms with E-state index in [4.69, 9.17) is 10.2 Å². The van der Waals surface area contributed by atoms with Crippen LogP contribution in [0.25, 0.3) is 22.1 Å². The molecule has 3 atom stereocenters. The fraction of sp³-hybridized carbons (Fsp3) is 0.381. The highest BCUT2D eigenvalue weighted by Gasteiger charge is 2.42. The number of hydrogen-bond acceptors (Lipinski definition) is 5. The van der Waals surface area contributed by atoms with Crippen molar-refractivity contribution in [2.45, 2.75) is 50.7 Å². The van der Waals surface area contributed by atoms with Crippen molar-refractivity contribution in [3.05, 3.63) is 42.5 Å². The van der Waals surface area contributed by atoms with E-state index in [-0.39, 0.29) is 24.2 Å². The van der Waals surface area contributed by atoms with Crippen molar-refractivity contribution in [1.82, 2.24) is 14.9 Å². The second-order valence-corrected chi connectivity index (χ2v) is 7.83. The molecule has 1 aromatic carbocycles. The highest BCUT2D eigenvalue weighted by atomic mass is 16.4. The van der Waals surface area contributed by atoms with Crippen molar-refractivity contribution in [3.8, 4) is 11.3 Å². The van der Waals surface area contributed by atoms with Gasteiger partial charge in [-0.15, -0.1) is 0 Å². The quantitative estimate of drug-likeness (QED) is 0.710. The Morgan fingerprint density at radius 3 is 2.64 bits per heavy atom. The van der Waals surface area contributed by atoms with Crippen molar-refractivity contribution in [2.75, 3.05) is 5.32 Å². The highest BCUT2D eigenvalue weighted by Crippen LogP contribution is 2.35. The summed E-state index contributed by atoms with van der Waals surface area (Å²) in [5, 5.41) is 4.97. The molecule has 2 fully saturated rings. The van der Waals surface area contributed by atoms with E-state index in [1.165, 1.54) is 0 Å². The molecule has 3 N–H and O–H groups in total. The lowest BCUT2D eigenvalue weighted by molar-refractivity contribution is 0.150. The van der Waals surface area contributed by atoms with E-state index in [1.807, 2.05) is 36.1 Å². The average Bonchev–Trinajstić information content (AvgIpc) is 3.22. The van der Waals surface area contributed by atoms with E-state index in [2.05, 4.69) is 15.3 Å². The van der Waals surface area contributed by atoms with Gasteiger partial charge in [0.05, 0.1) is 6.20 Å². The molecule has 4 heterocycles. The first-order valence-electron chi connectivity index (χ1n) is 9.74. The molecule has 144 valence electrons. The van der Waals surface area contributed by atoms with Gasteiger partial charge in [-0.2, -0.15) is 0 Å². The van der Waals surface area contributed by atoms with E-state index in [0.29, 0.717) is 11.7 Å². The Morgan fingerprint density at radius 2 is 1.93 bits per heavy atom. The smallest absolute Gasteiger partial charge is 0.323 e. The summed E-state index contributed by atoms with van der Waals surface area (Å²) in [5.74, 6) is 1.91. The number of aromatic nitrogens is 2. The summed E-state index contributed by atoms with van der Waals surface area (Å²) in [6, 6.07) is 8.52. The van der Waals surface area contributed by atoms with Crippen LogP contribution in [0.15, 0.2) is 41.1 Å². The van der Waals surface area contributed by atoms with Crippen LogP contribution in [0, 0.1) is 6.92 Å². The zero-order chi connectivity index (χ0) is 19.3. The lowest BCUT2D eigenvalue weighted by Crippen LogP contribution is -2.51. The number of urea groups is 1. The average molecular weight is 377 g/mol. The number of hydrogen-bond donors (Lipinski definition) is 2. The Morgan fingerprint density at radius 1 is 1.14 bits per heavy atom. The van der Waals surface area contributed by atoms with Crippen LogP contribution in [0.4, 0.5) is 10.6 Å². The molecule has 0 radical (unpaired) electrons. The predicted octanol–water partition coefficient (Wildman–Crippen LogP) is 3.68. The summed E-state index contributed by atoms with van der Waals surface area (Å²) >= 11 is 0. The molecule has 0 saturated carbocycles.